The Kier molecular flexibility index (Phi) is 3.69. The monoisotopic (exact) mass is 311 g/mol. The molecule has 0 fully saturated rings. The highest BCUT2D eigenvalue weighted by molar-refractivity contribution is 9.10. The molecule has 0 spiro atoms. The summed E-state index contributed by atoms with van der Waals surface area (Å²) in [6.07, 6.45) is 0. The van der Waals surface area contributed by atoms with Gasteiger partial charge in [-0.25, -0.2) is 4.98 Å². The third kappa shape index (κ3) is 2.99. The summed E-state index contributed by atoms with van der Waals surface area (Å²) in [5.41, 5.74) is 1.92. The zero-order valence-corrected chi connectivity index (χ0v) is 11.8. The normalized spacial score (nSPS) is 10.4. The molecule has 0 atom stereocenters. The maximum absolute atomic E-state index is 5.93. The molecule has 0 bridgehead atoms. The molecule has 4 heteroatoms. The predicted molar refractivity (Wildman–Crippen MR) is 72.9 cm³/mol. The summed E-state index contributed by atoms with van der Waals surface area (Å²) in [5, 5.41) is 0.652. The zero-order chi connectivity index (χ0) is 12.4. The van der Waals surface area contributed by atoms with Gasteiger partial charge in [-0.2, -0.15) is 0 Å². The average Bonchev–Trinajstić information content (AvgIpc) is 2.29. The van der Waals surface area contributed by atoms with Crippen molar-refractivity contribution in [2.75, 3.05) is 0 Å². The molecule has 1 aromatic carbocycles. The largest absolute Gasteiger partial charge is 0.439 e. The lowest BCUT2D eigenvalue weighted by atomic mass is 10.2. The molecule has 2 rings (SSSR count). The van der Waals surface area contributed by atoms with Crippen LogP contribution in [0.3, 0.4) is 0 Å². The third-order valence-electron chi connectivity index (χ3n) is 2.36. The van der Waals surface area contributed by atoms with Crippen LogP contribution in [0, 0.1) is 13.8 Å². The Bertz CT molecular complexity index is 557. The molecule has 17 heavy (non-hydrogen) atoms. The van der Waals surface area contributed by atoms with Crippen molar-refractivity contribution in [3.05, 3.63) is 51.1 Å². The van der Waals surface area contributed by atoms with Gasteiger partial charge < -0.3 is 4.74 Å². The Morgan fingerprint density at radius 2 is 1.94 bits per heavy atom. The van der Waals surface area contributed by atoms with Gasteiger partial charge in [-0.05, 0) is 53.5 Å². The molecule has 2 aromatic rings. The van der Waals surface area contributed by atoms with Gasteiger partial charge in [0.25, 0.3) is 0 Å². The molecule has 0 aliphatic heterocycles. The standard InChI is InChI=1S/C13H11BrClNO/c1-8-3-4-10(15)7-12(8)17-13-6-5-11(14)9(2)16-13/h3-7H,1-2H3. The van der Waals surface area contributed by atoms with Gasteiger partial charge in [0.1, 0.15) is 5.75 Å². The molecular formula is C13H11BrClNO. The summed E-state index contributed by atoms with van der Waals surface area (Å²) in [6.45, 7) is 3.89. The highest BCUT2D eigenvalue weighted by Gasteiger charge is 2.05. The van der Waals surface area contributed by atoms with E-state index in [0.717, 1.165) is 21.5 Å². The van der Waals surface area contributed by atoms with E-state index >= 15 is 0 Å². The lowest BCUT2D eigenvalue weighted by Gasteiger charge is -2.09. The fourth-order valence-electron chi connectivity index (χ4n) is 1.37. The number of hydrogen-bond acceptors (Lipinski definition) is 2. The Hall–Kier alpha value is -1.06. The van der Waals surface area contributed by atoms with E-state index in [-0.39, 0.29) is 0 Å². The molecule has 1 aromatic heterocycles. The van der Waals surface area contributed by atoms with E-state index in [1.54, 1.807) is 6.07 Å². The molecule has 2 nitrogen and oxygen atoms in total. The van der Waals surface area contributed by atoms with Crippen molar-refractivity contribution < 1.29 is 4.74 Å². The number of rotatable bonds is 2. The minimum absolute atomic E-state index is 0.566. The number of hydrogen-bond donors (Lipinski definition) is 0. The van der Waals surface area contributed by atoms with Crippen LogP contribution in [-0.2, 0) is 0 Å². The van der Waals surface area contributed by atoms with Gasteiger partial charge in [-0.15, -0.1) is 0 Å². The van der Waals surface area contributed by atoms with Crippen LogP contribution in [0.1, 0.15) is 11.3 Å². The van der Waals surface area contributed by atoms with Crippen LogP contribution in [0.25, 0.3) is 0 Å². The van der Waals surface area contributed by atoms with E-state index in [2.05, 4.69) is 20.9 Å². The van der Waals surface area contributed by atoms with E-state index in [0.29, 0.717) is 10.9 Å². The van der Waals surface area contributed by atoms with E-state index in [1.807, 2.05) is 38.1 Å². The van der Waals surface area contributed by atoms with Crippen LogP contribution in [0.4, 0.5) is 0 Å². The zero-order valence-electron chi connectivity index (χ0n) is 9.50. The maximum Gasteiger partial charge on any atom is 0.219 e. The molecule has 88 valence electrons. The van der Waals surface area contributed by atoms with Crippen molar-refractivity contribution in [3.63, 3.8) is 0 Å². The fourth-order valence-corrected chi connectivity index (χ4v) is 1.76. The van der Waals surface area contributed by atoms with Gasteiger partial charge in [-0.1, -0.05) is 17.7 Å². The number of ether oxygens (including phenoxy) is 1. The summed E-state index contributed by atoms with van der Waals surface area (Å²) >= 11 is 9.33. The predicted octanol–water partition coefficient (Wildman–Crippen LogP) is 4.91. The van der Waals surface area contributed by atoms with E-state index < -0.39 is 0 Å². The summed E-state index contributed by atoms with van der Waals surface area (Å²) < 4.78 is 6.67. The highest BCUT2D eigenvalue weighted by Crippen LogP contribution is 2.28. The first-order chi connectivity index (χ1) is 8.06. The number of pyridine rings is 1. The van der Waals surface area contributed by atoms with Crippen LogP contribution in [0.2, 0.25) is 5.02 Å². The van der Waals surface area contributed by atoms with Gasteiger partial charge in [0.2, 0.25) is 5.88 Å². The quantitative estimate of drug-likeness (QED) is 0.786. The summed E-state index contributed by atoms with van der Waals surface area (Å²) in [4.78, 5) is 4.33. The Morgan fingerprint density at radius 3 is 2.65 bits per heavy atom. The number of halogens is 2. The van der Waals surface area contributed by atoms with Crippen LogP contribution >= 0.6 is 27.5 Å². The van der Waals surface area contributed by atoms with E-state index in [9.17, 15) is 0 Å². The minimum atomic E-state index is 0.566. The lowest BCUT2D eigenvalue weighted by molar-refractivity contribution is 0.458. The summed E-state index contributed by atoms with van der Waals surface area (Å²) in [6, 6.07) is 9.28. The molecule has 0 radical (unpaired) electrons. The van der Waals surface area contributed by atoms with Crippen molar-refractivity contribution in [2.45, 2.75) is 13.8 Å². The van der Waals surface area contributed by atoms with Crippen LogP contribution < -0.4 is 4.74 Å². The highest BCUT2D eigenvalue weighted by atomic mass is 79.9. The molecule has 0 saturated carbocycles. The molecule has 0 unspecified atom stereocenters. The number of aryl methyl sites for hydroxylation is 2. The molecule has 1 heterocycles. The van der Waals surface area contributed by atoms with Crippen molar-refractivity contribution in [2.24, 2.45) is 0 Å². The number of aromatic nitrogens is 1. The van der Waals surface area contributed by atoms with Crippen molar-refractivity contribution in [1.82, 2.24) is 4.98 Å². The van der Waals surface area contributed by atoms with Gasteiger partial charge in [0.15, 0.2) is 0 Å². The Labute approximate surface area is 114 Å². The topological polar surface area (TPSA) is 22.1 Å². The second-order valence-corrected chi connectivity index (χ2v) is 5.02. The Morgan fingerprint density at radius 1 is 1.18 bits per heavy atom. The van der Waals surface area contributed by atoms with Crippen molar-refractivity contribution >= 4 is 27.5 Å². The second-order valence-electron chi connectivity index (χ2n) is 3.73. The molecule has 0 saturated heterocycles. The molecule has 0 amide bonds. The van der Waals surface area contributed by atoms with Gasteiger partial charge in [0.05, 0.1) is 5.69 Å². The lowest BCUT2D eigenvalue weighted by Crippen LogP contribution is -1.92. The van der Waals surface area contributed by atoms with Crippen LogP contribution in [0.15, 0.2) is 34.8 Å². The first-order valence-electron chi connectivity index (χ1n) is 5.13. The minimum Gasteiger partial charge on any atom is -0.439 e. The van der Waals surface area contributed by atoms with Gasteiger partial charge >= 0.3 is 0 Å². The van der Waals surface area contributed by atoms with Gasteiger partial charge in [-0.3, -0.25) is 0 Å². The molecule has 0 aliphatic rings. The molecule has 0 aliphatic carbocycles. The first-order valence-corrected chi connectivity index (χ1v) is 6.30. The first kappa shape index (κ1) is 12.4. The number of nitrogens with zero attached hydrogens (tertiary/aromatic N) is 1. The van der Waals surface area contributed by atoms with E-state index in [1.165, 1.54) is 0 Å². The summed E-state index contributed by atoms with van der Waals surface area (Å²) in [7, 11) is 0. The average molecular weight is 313 g/mol. The molecule has 0 N–H and O–H groups in total. The second kappa shape index (κ2) is 5.07. The van der Waals surface area contributed by atoms with E-state index in [4.69, 9.17) is 16.3 Å². The maximum atomic E-state index is 5.93. The van der Waals surface area contributed by atoms with Crippen molar-refractivity contribution in [3.8, 4) is 11.6 Å². The summed E-state index contributed by atoms with van der Waals surface area (Å²) in [5.74, 6) is 1.29. The van der Waals surface area contributed by atoms with Crippen LogP contribution in [0.5, 0.6) is 11.6 Å². The van der Waals surface area contributed by atoms with Crippen LogP contribution in [-0.4, -0.2) is 4.98 Å². The molecular weight excluding hydrogens is 302 g/mol. The van der Waals surface area contributed by atoms with Crippen molar-refractivity contribution in [1.29, 1.82) is 0 Å². The van der Waals surface area contributed by atoms with Gasteiger partial charge in [0, 0.05) is 15.6 Å². The Balaban J connectivity index is 2.31. The SMILES string of the molecule is Cc1ccc(Cl)cc1Oc1ccc(Br)c(C)n1. The fraction of sp³-hybridized carbons (Fsp3) is 0.154. The number of benzene rings is 1. The third-order valence-corrected chi connectivity index (χ3v) is 3.43. The smallest absolute Gasteiger partial charge is 0.219 e.